The summed E-state index contributed by atoms with van der Waals surface area (Å²) in [5.74, 6) is -0.0681. The normalized spacial score (nSPS) is 11.1. The van der Waals surface area contributed by atoms with E-state index in [-0.39, 0.29) is 11.6 Å². The first-order valence-electron chi connectivity index (χ1n) is 5.55. The van der Waals surface area contributed by atoms with Gasteiger partial charge in [-0.15, -0.1) is 0 Å². The molecule has 1 aromatic heterocycles. The molecular weight excluding hydrogens is 234 g/mol. The largest absolute Gasteiger partial charge is 0.338 e. The lowest BCUT2D eigenvalue weighted by Crippen LogP contribution is -1.85. The van der Waals surface area contributed by atoms with Crippen LogP contribution in [0.15, 0.2) is 36.4 Å². The molecule has 2 nitrogen and oxygen atoms in total. The summed E-state index contributed by atoms with van der Waals surface area (Å²) in [6, 6.07) is 9.21. The van der Waals surface area contributed by atoms with Crippen molar-refractivity contribution < 1.29 is 8.78 Å². The molecule has 0 aliphatic carbocycles. The number of halogens is 2. The highest BCUT2D eigenvalue weighted by Crippen LogP contribution is 2.22. The van der Waals surface area contributed by atoms with E-state index in [9.17, 15) is 8.78 Å². The van der Waals surface area contributed by atoms with Crippen molar-refractivity contribution in [1.29, 1.82) is 0 Å². The van der Waals surface area contributed by atoms with Crippen LogP contribution in [0.5, 0.6) is 0 Å². The number of nitrogens with one attached hydrogen (secondary N) is 1. The van der Waals surface area contributed by atoms with Crippen LogP contribution in [0.4, 0.5) is 8.78 Å². The number of aromatic nitrogens is 2. The molecule has 0 amide bonds. The average Bonchev–Trinajstić information content (AvgIpc) is 2.75. The number of nitrogens with zero attached hydrogens (tertiary/aromatic N) is 1. The summed E-state index contributed by atoms with van der Waals surface area (Å²) in [7, 11) is 0. The Morgan fingerprint density at radius 2 is 1.89 bits per heavy atom. The van der Waals surface area contributed by atoms with E-state index >= 15 is 0 Å². The van der Waals surface area contributed by atoms with Crippen molar-refractivity contribution in [3.05, 3.63) is 53.6 Å². The van der Waals surface area contributed by atoms with Crippen molar-refractivity contribution in [3.8, 4) is 11.4 Å². The Hall–Kier alpha value is -2.23. The summed E-state index contributed by atoms with van der Waals surface area (Å²) in [6.07, 6.45) is 0. The van der Waals surface area contributed by atoms with Gasteiger partial charge >= 0.3 is 0 Å². The Morgan fingerprint density at radius 1 is 1.06 bits per heavy atom. The summed E-state index contributed by atoms with van der Waals surface area (Å²) < 4.78 is 26.5. The third-order valence-corrected chi connectivity index (χ3v) is 2.89. The lowest BCUT2D eigenvalue weighted by Gasteiger charge is -1.99. The Morgan fingerprint density at radius 3 is 2.67 bits per heavy atom. The molecule has 0 spiro atoms. The van der Waals surface area contributed by atoms with Gasteiger partial charge in [0.1, 0.15) is 17.5 Å². The maximum Gasteiger partial charge on any atom is 0.138 e. The van der Waals surface area contributed by atoms with Gasteiger partial charge in [0.25, 0.3) is 0 Å². The first kappa shape index (κ1) is 10.9. The van der Waals surface area contributed by atoms with Crippen LogP contribution >= 0.6 is 0 Å². The number of imidazole rings is 1. The predicted molar refractivity (Wildman–Crippen MR) is 66.2 cm³/mol. The maximum atomic E-state index is 13.5. The molecule has 0 fully saturated rings. The zero-order valence-corrected chi connectivity index (χ0v) is 9.67. The fourth-order valence-corrected chi connectivity index (χ4v) is 1.86. The van der Waals surface area contributed by atoms with Gasteiger partial charge in [0.05, 0.1) is 11.0 Å². The Bertz CT molecular complexity index is 732. The summed E-state index contributed by atoms with van der Waals surface area (Å²) in [5, 5.41) is 0. The van der Waals surface area contributed by atoms with Crippen LogP contribution in [0.1, 0.15) is 5.56 Å². The number of H-pyrrole nitrogens is 1. The van der Waals surface area contributed by atoms with Gasteiger partial charge in [0, 0.05) is 5.56 Å². The molecule has 0 saturated carbocycles. The first-order valence-corrected chi connectivity index (χ1v) is 5.55. The van der Waals surface area contributed by atoms with Crippen molar-refractivity contribution in [3.63, 3.8) is 0 Å². The topological polar surface area (TPSA) is 28.7 Å². The molecule has 0 aliphatic rings. The van der Waals surface area contributed by atoms with E-state index in [4.69, 9.17) is 0 Å². The number of benzene rings is 2. The number of hydrogen-bond acceptors (Lipinski definition) is 1. The van der Waals surface area contributed by atoms with Crippen molar-refractivity contribution in [1.82, 2.24) is 9.97 Å². The molecule has 0 bridgehead atoms. The van der Waals surface area contributed by atoms with Crippen LogP contribution in [0.2, 0.25) is 0 Å². The standard InChI is InChI=1S/C14H10F2N2/c1-8-2-3-9(6-11(8)16)14-17-12-5-4-10(15)7-13(12)18-14/h2-7H,1H3,(H,17,18). The third kappa shape index (κ3) is 1.76. The van der Waals surface area contributed by atoms with Gasteiger partial charge in [-0.2, -0.15) is 0 Å². The molecule has 3 rings (SSSR count). The van der Waals surface area contributed by atoms with Gasteiger partial charge in [0.2, 0.25) is 0 Å². The number of aryl methyl sites for hydroxylation is 1. The van der Waals surface area contributed by atoms with Gasteiger partial charge in [0.15, 0.2) is 0 Å². The molecule has 1 N–H and O–H groups in total. The first-order chi connectivity index (χ1) is 8.63. The zero-order chi connectivity index (χ0) is 12.7. The minimum Gasteiger partial charge on any atom is -0.338 e. The molecule has 4 heteroatoms. The Labute approximate surface area is 102 Å². The van der Waals surface area contributed by atoms with Crippen molar-refractivity contribution in [2.75, 3.05) is 0 Å². The van der Waals surface area contributed by atoms with Gasteiger partial charge in [-0.1, -0.05) is 12.1 Å². The molecule has 18 heavy (non-hydrogen) atoms. The number of rotatable bonds is 1. The van der Waals surface area contributed by atoms with E-state index < -0.39 is 0 Å². The molecule has 1 heterocycles. The van der Waals surface area contributed by atoms with Crippen molar-refractivity contribution in [2.24, 2.45) is 0 Å². The van der Waals surface area contributed by atoms with Crippen LogP contribution < -0.4 is 0 Å². The van der Waals surface area contributed by atoms with Crippen LogP contribution in [-0.2, 0) is 0 Å². The van der Waals surface area contributed by atoms with Gasteiger partial charge < -0.3 is 4.98 Å². The molecule has 0 saturated heterocycles. The summed E-state index contributed by atoms with van der Waals surface area (Å²) in [6.45, 7) is 1.70. The second-order valence-electron chi connectivity index (χ2n) is 4.21. The predicted octanol–water partition coefficient (Wildman–Crippen LogP) is 3.82. The fourth-order valence-electron chi connectivity index (χ4n) is 1.86. The highest BCUT2D eigenvalue weighted by Gasteiger charge is 2.07. The van der Waals surface area contributed by atoms with Gasteiger partial charge in [-0.3, -0.25) is 0 Å². The molecule has 0 atom stereocenters. The number of fused-ring (bicyclic) bond motifs is 1. The van der Waals surface area contributed by atoms with Crippen LogP contribution in [0.25, 0.3) is 22.4 Å². The lowest BCUT2D eigenvalue weighted by atomic mass is 10.1. The number of hydrogen-bond donors (Lipinski definition) is 1. The zero-order valence-electron chi connectivity index (χ0n) is 9.67. The van der Waals surface area contributed by atoms with E-state index in [2.05, 4.69) is 9.97 Å². The van der Waals surface area contributed by atoms with Crippen molar-refractivity contribution in [2.45, 2.75) is 6.92 Å². The van der Waals surface area contributed by atoms with E-state index in [1.807, 2.05) is 0 Å². The molecule has 0 radical (unpaired) electrons. The van der Waals surface area contributed by atoms with Gasteiger partial charge in [-0.25, -0.2) is 13.8 Å². The summed E-state index contributed by atoms with van der Waals surface area (Å²) in [4.78, 5) is 7.29. The number of aromatic amines is 1. The second kappa shape index (κ2) is 3.91. The molecule has 0 unspecified atom stereocenters. The van der Waals surface area contributed by atoms with E-state index in [0.717, 1.165) is 0 Å². The van der Waals surface area contributed by atoms with Crippen LogP contribution in [-0.4, -0.2) is 9.97 Å². The summed E-state index contributed by atoms with van der Waals surface area (Å²) in [5.41, 5.74) is 2.49. The molecule has 90 valence electrons. The van der Waals surface area contributed by atoms with Crippen molar-refractivity contribution >= 4 is 11.0 Å². The molecular formula is C14H10F2N2. The van der Waals surface area contributed by atoms with E-state index in [1.165, 1.54) is 18.2 Å². The molecule has 2 aromatic carbocycles. The van der Waals surface area contributed by atoms with Gasteiger partial charge in [-0.05, 0) is 36.8 Å². The quantitative estimate of drug-likeness (QED) is 0.692. The summed E-state index contributed by atoms with van der Waals surface area (Å²) >= 11 is 0. The minimum atomic E-state index is -0.326. The molecule has 3 aromatic rings. The fraction of sp³-hybridized carbons (Fsp3) is 0.0714. The van der Waals surface area contributed by atoms with Crippen LogP contribution in [0, 0.1) is 18.6 Å². The highest BCUT2D eigenvalue weighted by atomic mass is 19.1. The third-order valence-electron chi connectivity index (χ3n) is 2.89. The van der Waals surface area contributed by atoms with E-state index in [1.54, 1.807) is 25.1 Å². The minimum absolute atomic E-state index is 0.279. The Balaban J connectivity index is 2.16. The SMILES string of the molecule is Cc1ccc(-c2nc3ccc(F)cc3[nH]2)cc1F. The lowest BCUT2D eigenvalue weighted by molar-refractivity contribution is 0.619. The smallest absolute Gasteiger partial charge is 0.138 e. The highest BCUT2D eigenvalue weighted by molar-refractivity contribution is 5.79. The maximum absolute atomic E-state index is 13.5. The van der Waals surface area contributed by atoms with Crippen LogP contribution in [0.3, 0.4) is 0 Å². The second-order valence-corrected chi connectivity index (χ2v) is 4.21. The van der Waals surface area contributed by atoms with E-state index in [0.29, 0.717) is 28.0 Å². The molecule has 0 aliphatic heterocycles. The average molecular weight is 244 g/mol. The Kier molecular flexibility index (Phi) is 2.37. The monoisotopic (exact) mass is 244 g/mol.